The number of anilines is 1. The van der Waals surface area contributed by atoms with Gasteiger partial charge in [0, 0.05) is 38.2 Å². The van der Waals surface area contributed by atoms with Crippen LogP contribution in [-0.4, -0.2) is 43.4 Å². The van der Waals surface area contributed by atoms with Crippen LogP contribution < -0.4 is 23.8 Å². The number of hydrogen-bond donors (Lipinski definition) is 0. The van der Waals surface area contributed by atoms with E-state index in [4.69, 9.17) is 18.9 Å². The van der Waals surface area contributed by atoms with Gasteiger partial charge in [0.05, 0.1) is 14.2 Å². The number of methoxy groups -OCH3 is 2. The minimum atomic E-state index is -0.313. The van der Waals surface area contributed by atoms with Crippen LogP contribution in [0.25, 0.3) is 0 Å². The zero-order valence-corrected chi connectivity index (χ0v) is 17.5. The van der Waals surface area contributed by atoms with Crippen molar-refractivity contribution >= 4 is 5.95 Å². The van der Waals surface area contributed by atoms with E-state index in [1.54, 1.807) is 38.6 Å². The van der Waals surface area contributed by atoms with Gasteiger partial charge in [0.25, 0.3) is 0 Å². The number of benzene rings is 2. The van der Waals surface area contributed by atoms with Gasteiger partial charge in [0.15, 0.2) is 11.5 Å². The molecule has 8 heteroatoms. The second-order valence-corrected chi connectivity index (χ2v) is 7.05. The molecule has 0 saturated carbocycles. The van der Waals surface area contributed by atoms with Crippen molar-refractivity contribution in [3.8, 4) is 28.9 Å². The Bertz CT molecular complexity index is 986. The topological polar surface area (TPSA) is 65.9 Å². The zero-order valence-electron chi connectivity index (χ0n) is 17.5. The van der Waals surface area contributed by atoms with Crippen molar-refractivity contribution < 1.29 is 23.3 Å². The smallest absolute Gasteiger partial charge is 0.228 e. The average molecular weight is 425 g/mol. The Labute approximate surface area is 180 Å². The van der Waals surface area contributed by atoms with Crippen LogP contribution in [0.1, 0.15) is 12.8 Å². The molecule has 7 nitrogen and oxygen atoms in total. The summed E-state index contributed by atoms with van der Waals surface area (Å²) in [6.07, 6.45) is 3.28. The fourth-order valence-electron chi connectivity index (χ4n) is 3.44. The van der Waals surface area contributed by atoms with Crippen molar-refractivity contribution in [2.24, 2.45) is 0 Å². The predicted octanol–water partition coefficient (Wildman–Crippen LogP) is 4.47. The van der Waals surface area contributed by atoms with Gasteiger partial charge in [0.1, 0.15) is 17.7 Å². The molecule has 0 spiro atoms. The van der Waals surface area contributed by atoms with Gasteiger partial charge in [-0.05, 0) is 36.4 Å². The predicted molar refractivity (Wildman–Crippen MR) is 114 cm³/mol. The number of para-hydroxylation sites is 1. The highest BCUT2D eigenvalue weighted by atomic mass is 19.1. The van der Waals surface area contributed by atoms with Gasteiger partial charge in [-0.2, -0.15) is 4.98 Å². The van der Waals surface area contributed by atoms with Crippen molar-refractivity contribution in [1.82, 2.24) is 9.97 Å². The summed E-state index contributed by atoms with van der Waals surface area (Å²) in [6.45, 7) is 1.48. The third-order valence-electron chi connectivity index (χ3n) is 5.05. The van der Waals surface area contributed by atoms with E-state index in [0.29, 0.717) is 34.8 Å². The summed E-state index contributed by atoms with van der Waals surface area (Å²) >= 11 is 0. The second-order valence-electron chi connectivity index (χ2n) is 7.05. The van der Waals surface area contributed by atoms with E-state index < -0.39 is 0 Å². The highest BCUT2D eigenvalue weighted by Gasteiger charge is 2.25. The molecule has 0 radical (unpaired) electrons. The summed E-state index contributed by atoms with van der Waals surface area (Å²) in [4.78, 5) is 11.0. The first kappa shape index (κ1) is 20.7. The molecular formula is C23H24FN3O4. The van der Waals surface area contributed by atoms with Crippen LogP contribution in [0.15, 0.2) is 54.7 Å². The summed E-state index contributed by atoms with van der Waals surface area (Å²) in [6, 6.07) is 13.1. The highest BCUT2D eigenvalue weighted by Crippen LogP contribution is 2.38. The van der Waals surface area contributed by atoms with Crippen molar-refractivity contribution in [1.29, 1.82) is 0 Å². The van der Waals surface area contributed by atoms with Gasteiger partial charge in [-0.3, -0.25) is 0 Å². The minimum Gasteiger partial charge on any atom is -0.493 e. The lowest BCUT2D eigenvalue weighted by Crippen LogP contribution is -2.39. The van der Waals surface area contributed by atoms with Crippen molar-refractivity contribution in [3.05, 3.63) is 60.5 Å². The number of aromatic nitrogens is 2. The first-order valence-corrected chi connectivity index (χ1v) is 10.1. The standard InChI is InChI=1S/C23H24FN3O4/c1-28-19-4-3-5-20(29-2)22(19)31-18-11-14-27(15-12-18)23-25-13-10-21(26-23)30-17-8-6-16(24)7-9-17/h3-10,13,18H,11-12,14-15H2,1-2H3. The van der Waals surface area contributed by atoms with E-state index in [-0.39, 0.29) is 11.9 Å². The summed E-state index contributed by atoms with van der Waals surface area (Å²) in [5.41, 5.74) is 0. The molecule has 0 amide bonds. The Hall–Kier alpha value is -3.55. The van der Waals surface area contributed by atoms with Gasteiger partial charge in [-0.15, -0.1) is 0 Å². The van der Waals surface area contributed by atoms with Gasteiger partial charge in [-0.1, -0.05) is 6.07 Å². The van der Waals surface area contributed by atoms with Gasteiger partial charge in [-0.25, -0.2) is 9.37 Å². The Balaban J connectivity index is 1.39. The molecule has 162 valence electrons. The van der Waals surface area contributed by atoms with Crippen LogP contribution >= 0.6 is 0 Å². The van der Waals surface area contributed by atoms with E-state index in [1.165, 1.54) is 12.1 Å². The first-order chi connectivity index (χ1) is 15.2. The monoisotopic (exact) mass is 425 g/mol. The Morgan fingerprint density at radius 2 is 1.61 bits per heavy atom. The molecular weight excluding hydrogens is 401 g/mol. The van der Waals surface area contributed by atoms with Crippen LogP contribution in [0, 0.1) is 5.82 Å². The average Bonchev–Trinajstić information content (AvgIpc) is 2.81. The number of halogens is 1. The molecule has 3 aromatic rings. The summed E-state index contributed by atoms with van der Waals surface area (Å²) < 4.78 is 35.9. The van der Waals surface area contributed by atoms with Gasteiger partial charge >= 0.3 is 0 Å². The second kappa shape index (κ2) is 9.51. The minimum absolute atomic E-state index is 0.0279. The summed E-state index contributed by atoms with van der Waals surface area (Å²) in [7, 11) is 3.23. The molecule has 0 unspecified atom stereocenters. The molecule has 1 saturated heterocycles. The Morgan fingerprint density at radius 1 is 0.935 bits per heavy atom. The molecule has 1 aliphatic heterocycles. The normalized spacial score (nSPS) is 14.2. The maximum Gasteiger partial charge on any atom is 0.228 e. The fourth-order valence-corrected chi connectivity index (χ4v) is 3.44. The van der Waals surface area contributed by atoms with Crippen LogP contribution in [0.5, 0.6) is 28.9 Å². The van der Waals surface area contributed by atoms with Crippen LogP contribution in [-0.2, 0) is 0 Å². The van der Waals surface area contributed by atoms with Crippen LogP contribution in [0.3, 0.4) is 0 Å². The molecule has 2 aromatic carbocycles. The maximum atomic E-state index is 13.1. The maximum absolute atomic E-state index is 13.1. The largest absolute Gasteiger partial charge is 0.493 e. The molecule has 0 bridgehead atoms. The molecule has 0 atom stereocenters. The number of hydrogen-bond acceptors (Lipinski definition) is 7. The first-order valence-electron chi connectivity index (χ1n) is 10.1. The molecule has 1 fully saturated rings. The molecule has 0 N–H and O–H groups in total. The molecule has 31 heavy (non-hydrogen) atoms. The van der Waals surface area contributed by atoms with E-state index in [9.17, 15) is 4.39 Å². The molecule has 1 aromatic heterocycles. The number of ether oxygens (including phenoxy) is 4. The van der Waals surface area contributed by atoms with E-state index in [1.807, 2.05) is 18.2 Å². The van der Waals surface area contributed by atoms with Crippen LogP contribution in [0.2, 0.25) is 0 Å². The third-order valence-corrected chi connectivity index (χ3v) is 5.05. The fraction of sp³-hybridized carbons (Fsp3) is 0.304. The number of rotatable bonds is 7. The lowest BCUT2D eigenvalue weighted by Gasteiger charge is -2.32. The molecule has 0 aliphatic carbocycles. The van der Waals surface area contributed by atoms with E-state index >= 15 is 0 Å². The third kappa shape index (κ3) is 4.96. The molecule has 4 rings (SSSR count). The number of nitrogens with zero attached hydrogens (tertiary/aromatic N) is 3. The number of piperidine rings is 1. The van der Waals surface area contributed by atoms with Crippen molar-refractivity contribution in [2.45, 2.75) is 18.9 Å². The molecule has 1 aliphatic rings. The van der Waals surface area contributed by atoms with Crippen LogP contribution in [0.4, 0.5) is 10.3 Å². The van der Waals surface area contributed by atoms with Gasteiger partial charge in [0.2, 0.25) is 17.6 Å². The van der Waals surface area contributed by atoms with E-state index in [0.717, 1.165) is 25.9 Å². The summed E-state index contributed by atoms with van der Waals surface area (Å²) in [5, 5.41) is 0. The Kier molecular flexibility index (Phi) is 6.35. The van der Waals surface area contributed by atoms with E-state index in [2.05, 4.69) is 14.9 Å². The zero-order chi connectivity index (χ0) is 21.6. The summed E-state index contributed by atoms with van der Waals surface area (Å²) in [5.74, 6) is 3.13. The lowest BCUT2D eigenvalue weighted by atomic mass is 10.1. The molecule has 2 heterocycles. The van der Waals surface area contributed by atoms with Crippen molar-refractivity contribution in [2.75, 3.05) is 32.2 Å². The van der Waals surface area contributed by atoms with Crippen molar-refractivity contribution in [3.63, 3.8) is 0 Å². The Morgan fingerprint density at radius 3 is 2.26 bits per heavy atom. The SMILES string of the molecule is COc1cccc(OC)c1OC1CCN(c2nccc(Oc3ccc(F)cc3)n2)CC1. The van der Waals surface area contributed by atoms with Gasteiger partial charge < -0.3 is 23.8 Å². The highest BCUT2D eigenvalue weighted by molar-refractivity contribution is 5.51. The lowest BCUT2D eigenvalue weighted by molar-refractivity contribution is 0.157. The quantitative estimate of drug-likeness (QED) is 0.553.